The van der Waals surface area contributed by atoms with Crippen molar-refractivity contribution in [2.45, 2.75) is 26.3 Å². The van der Waals surface area contributed by atoms with Crippen LogP contribution in [-0.2, 0) is 9.53 Å². The number of Topliss-reactive ketones (excluding diaryl/α,β-unsaturated/α-hetero) is 1. The smallest absolute Gasteiger partial charge is 0.186 e. The molecule has 2 nitrogen and oxygen atoms in total. The monoisotopic (exact) mass is 392 g/mol. The number of fused-ring (bicyclic) bond motifs is 12. The summed E-state index contributed by atoms with van der Waals surface area (Å²) in [6.45, 7) is 0. The maximum Gasteiger partial charge on any atom is 0.186 e. The van der Waals surface area contributed by atoms with Crippen LogP contribution in [0.15, 0.2) is 10.1 Å². The number of ketones is 1. The highest BCUT2D eigenvalue weighted by Gasteiger charge is 2.90. The summed E-state index contributed by atoms with van der Waals surface area (Å²) in [4.78, 5) is 9.88. The topological polar surface area (TPSA) is 29.6 Å². The molecule has 20 heavy (non-hydrogen) atoms. The van der Waals surface area contributed by atoms with Gasteiger partial charge in [0.05, 0.1) is 22.3 Å². The van der Waals surface area contributed by atoms with Gasteiger partial charge >= 0.3 is 0 Å². The van der Waals surface area contributed by atoms with Gasteiger partial charge in [0.2, 0.25) is 0 Å². The minimum atomic E-state index is -1.41. The van der Waals surface area contributed by atoms with Crippen LogP contribution in [0.5, 0.6) is 0 Å². The molecule has 0 N–H and O–H groups in total. The van der Waals surface area contributed by atoms with E-state index in [-0.39, 0.29) is 51.7 Å². The summed E-state index contributed by atoms with van der Waals surface area (Å²) >= 11 is 38.7. The summed E-state index contributed by atoms with van der Waals surface area (Å²) in [6, 6.07) is 0. The number of hydrogen-bond acceptors (Lipinski definition) is 2. The molecule has 4 fully saturated rings. The molecule has 8 atom stereocenters. The van der Waals surface area contributed by atoms with Crippen LogP contribution in [-0.4, -0.2) is 32.1 Å². The molecule has 0 aromatic heterocycles. The van der Waals surface area contributed by atoms with E-state index < -0.39 is 14.1 Å². The Hall–Kier alpha value is 1.11. The van der Waals surface area contributed by atoms with Gasteiger partial charge in [-0.1, -0.05) is 23.2 Å². The Morgan fingerprint density at radius 2 is 1.20 bits per heavy atom. The first kappa shape index (κ1) is 13.5. The van der Waals surface area contributed by atoms with Crippen LogP contribution in [0, 0.1) is 23.7 Å². The van der Waals surface area contributed by atoms with Gasteiger partial charge in [0.1, 0.15) is 14.1 Å². The number of rotatable bonds is 0. The number of allylic oxidation sites excluding steroid dienone is 2. The molecule has 5 rings (SSSR count). The predicted octanol–water partition coefficient (Wildman–Crippen LogP) is 3.66. The van der Waals surface area contributed by atoms with Crippen LogP contribution in [0.1, 0.15) is 0 Å². The van der Waals surface area contributed by atoms with E-state index in [1.165, 1.54) is 0 Å². The van der Waals surface area contributed by atoms with Crippen molar-refractivity contribution in [2.24, 2.45) is 23.7 Å². The van der Waals surface area contributed by atoms with E-state index in [1.807, 2.05) is 0 Å². The maximum atomic E-state index is 12.7. The van der Waals surface area contributed by atoms with E-state index in [4.69, 9.17) is 74.3 Å². The van der Waals surface area contributed by atoms with Crippen molar-refractivity contribution in [1.82, 2.24) is 0 Å². The molecule has 0 aromatic carbocycles. The summed E-state index contributed by atoms with van der Waals surface area (Å²) < 4.78 is 4.63. The fourth-order valence-electron chi connectivity index (χ4n) is 5.08. The highest BCUT2D eigenvalue weighted by molar-refractivity contribution is 6.63. The van der Waals surface area contributed by atoms with Crippen LogP contribution in [0.4, 0.5) is 0 Å². The van der Waals surface area contributed by atoms with Gasteiger partial charge in [-0.3, -0.25) is 4.79 Å². The molecule has 3 saturated carbocycles. The van der Waals surface area contributed by atoms with E-state index in [1.54, 1.807) is 0 Å². The Morgan fingerprint density at radius 1 is 0.800 bits per heavy atom. The Morgan fingerprint density at radius 3 is 1.60 bits per heavy atom. The molecule has 0 spiro atoms. The lowest BCUT2D eigenvalue weighted by Crippen LogP contribution is -2.42. The number of epoxide rings is 1. The van der Waals surface area contributed by atoms with Crippen LogP contribution >= 0.6 is 69.6 Å². The number of hydrogen-bond donors (Lipinski definition) is 0. The second-order valence-electron chi connectivity index (χ2n) is 6.22. The number of alkyl halides is 4. The number of carbonyl (C=O) groups is 1. The zero-order chi connectivity index (χ0) is 14.4. The summed E-state index contributed by atoms with van der Waals surface area (Å²) in [7, 11) is 0. The first-order valence-corrected chi connectivity index (χ1v) is 8.48. The van der Waals surface area contributed by atoms with Crippen LogP contribution < -0.4 is 0 Å². The van der Waals surface area contributed by atoms with E-state index >= 15 is 0 Å². The molecule has 108 valence electrons. The van der Waals surface area contributed by atoms with E-state index in [2.05, 4.69) is 0 Å². The van der Waals surface area contributed by atoms with Gasteiger partial charge in [-0.05, 0) is 0 Å². The lowest BCUT2D eigenvalue weighted by atomic mass is 9.73. The SMILES string of the molecule is O=C1C2(Cl)C(Cl)=C(Cl)C1(Cl)C1C2C2C3OC3C1C2(Cl)Cl. The number of halogens is 6. The van der Waals surface area contributed by atoms with Gasteiger partial charge in [0, 0.05) is 23.7 Å². The van der Waals surface area contributed by atoms with Crippen LogP contribution in [0.3, 0.4) is 0 Å². The largest absolute Gasteiger partial charge is 0.369 e. The van der Waals surface area contributed by atoms with Crippen LogP contribution in [0.2, 0.25) is 0 Å². The number of ether oxygens (including phenoxy) is 1. The molecule has 0 aromatic rings. The molecule has 0 amide bonds. The molecule has 1 heterocycles. The zero-order valence-electron chi connectivity index (χ0n) is 9.55. The Balaban J connectivity index is 1.80. The molecule has 5 aliphatic rings. The quantitative estimate of drug-likeness (QED) is 0.356. The summed E-state index contributed by atoms with van der Waals surface area (Å²) in [5, 5.41) is 0.243. The first-order chi connectivity index (χ1) is 9.19. The summed E-state index contributed by atoms with van der Waals surface area (Å²) in [5.41, 5.74) is 0. The maximum absolute atomic E-state index is 12.7. The second-order valence-corrected chi connectivity index (χ2v) is 9.62. The van der Waals surface area contributed by atoms with Gasteiger partial charge in [-0.25, -0.2) is 0 Å². The molecule has 4 aliphatic carbocycles. The van der Waals surface area contributed by atoms with Gasteiger partial charge in [0.25, 0.3) is 0 Å². The molecule has 8 unspecified atom stereocenters. The minimum absolute atomic E-state index is 0.0532. The van der Waals surface area contributed by atoms with E-state index in [0.717, 1.165) is 0 Å². The Kier molecular flexibility index (Phi) is 2.24. The van der Waals surface area contributed by atoms with Crippen molar-refractivity contribution in [3.63, 3.8) is 0 Å². The average Bonchev–Trinajstić information content (AvgIpc) is 3.02. The zero-order valence-corrected chi connectivity index (χ0v) is 14.1. The van der Waals surface area contributed by atoms with E-state index in [9.17, 15) is 4.79 Å². The van der Waals surface area contributed by atoms with Gasteiger partial charge in [-0.2, -0.15) is 0 Å². The van der Waals surface area contributed by atoms with Crippen molar-refractivity contribution in [3.05, 3.63) is 10.1 Å². The molecule has 1 aliphatic heterocycles. The van der Waals surface area contributed by atoms with Crippen molar-refractivity contribution in [3.8, 4) is 0 Å². The fraction of sp³-hybridized carbons (Fsp3) is 0.750. The van der Waals surface area contributed by atoms with Crippen molar-refractivity contribution >= 4 is 75.4 Å². The van der Waals surface area contributed by atoms with Crippen molar-refractivity contribution in [2.75, 3.05) is 0 Å². The van der Waals surface area contributed by atoms with Crippen molar-refractivity contribution in [1.29, 1.82) is 0 Å². The fourth-order valence-corrected chi connectivity index (χ4v) is 8.01. The highest BCUT2D eigenvalue weighted by atomic mass is 35.5. The first-order valence-electron chi connectivity index (χ1n) is 6.21. The highest BCUT2D eigenvalue weighted by Crippen LogP contribution is 2.81. The lowest BCUT2D eigenvalue weighted by molar-refractivity contribution is -0.120. The van der Waals surface area contributed by atoms with E-state index in [0.29, 0.717) is 0 Å². The third-order valence-corrected chi connectivity index (χ3v) is 9.23. The Labute approximate surface area is 144 Å². The number of carbonyl (C=O) groups excluding carboxylic acids is 1. The van der Waals surface area contributed by atoms with Gasteiger partial charge in [-0.15, -0.1) is 46.4 Å². The average molecular weight is 395 g/mol. The molecule has 8 heteroatoms. The second kappa shape index (κ2) is 3.31. The van der Waals surface area contributed by atoms with Crippen molar-refractivity contribution < 1.29 is 9.53 Å². The molecular weight excluding hydrogens is 389 g/mol. The third-order valence-electron chi connectivity index (χ3n) is 5.73. The lowest BCUT2D eigenvalue weighted by Gasteiger charge is -2.36. The Bertz CT molecular complexity index is 583. The third kappa shape index (κ3) is 1.00. The van der Waals surface area contributed by atoms with Gasteiger partial charge in [0.15, 0.2) is 5.78 Å². The standard InChI is InChI=1S/C12H6Cl6O2/c13-7-8(14)11(16)2-1(10(7,15)9(11)19)3-5-6(20-5)4(2)12(3,17)18/h1-6H. The molecule has 1 saturated heterocycles. The minimum Gasteiger partial charge on any atom is -0.369 e. The molecule has 0 radical (unpaired) electrons. The molecular formula is C12H6Cl6O2. The van der Waals surface area contributed by atoms with Crippen LogP contribution in [0.25, 0.3) is 0 Å². The summed E-state index contributed by atoms with van der Waals surface area (Å²) in [6.07, 6.45) is -0.106. The summed E-state index contributed by atoms with van der Waals surface area (Å²) in [5.74, 6) is -1.47. The molecule has 4 bridgehead atoms. The predicted molar refractivity (Wildman–Crippen MR) is 78.0 cm³/mol. The van der Waals surface area contributed by atoms with Gasteiger partial charge < -0.3 is 4.74 Å². The normalized spacial score (nSPS) is 64.0.